The van der Waals surface area contributed by atoms with E-state index in [1.165, 1.54) is 6.92 Å². The lowest BCUT2D eigenvalue weighted by Crippen LogP contribution is -2.40. The maximum Gasteiger partial charge on any atom is 0.319 e. The molecule has 0 aromatic heterocycles. The van der Waals surface area contributed by atoms with E-state index in [1.807, 2.05) is 0 Å². The molecule has 4 nitrogen and oxygen atoms in total. The number of carbonyl (C=O) groups excluding carboxylic acids is 1. The second-order valence-electron chi connectivity index (χ2n) is 5.19. The van der Waals surface area contributed by atoms with Crippen LogP contribution in [0.5, 0.6) is 0 Å². The highest BCUT2D eigenvalue weighted by Crippen LogP contribution is 2.20. The van der Waals surface area contributed by atoms with Crippen LogP contribution >= 0.6 is 0 Å². The molecule has 0 saturated heterocycles. The number of amides is 2. The van der Waals surface area contributed by atoms with Crippen LogP contribution in [0, 0.1) is 17.5 Å². The van der Waals surface area contributed by atoms with Crippen molar-refractivity contribution in [3.8, 4) is 0 Å². The Kier molecular flexibility index (Phi) is 4.90. The molecule has 0 bridgehead atoms. The van der Waals surface area contributed by atoms with E-state index < -0.39 is 34.8 Å². The maximum atomic E-state index is 13.4. The highest BCUT2D eigenvalue weighted by molar-refractivity contribution is 5.89. The number of carbonyl (C=O) groups is 1. The Balaban J connectivity index is 1.99. The van der Waals surface area contributed by atoms with Crippen molar-refractivity contribution >= 4 is 11.7 Å². The first-order chi connectivity index (χ1) is 10.8. The van der Waals surface area contributed by atoms with E-state index in [0.29, 0.717) is 17.7 Å². The van der Waals surface area contributed by atoms with Gasteiger partial charge >= 0.3 is 6.03 Å². The highest BCUT2D eigenvalue weighted by Gasteiger charge is 2.23. The third kappa shape index (κ3) is 4.23. The fourth-order valence-electron chi connectivity index (χ4n) is 1.94. The fourth-order valence-corrected chi connectivity index (χ4v) is 1.94. The topological polar surface area (TPSA) is 61.4 Å². The summed E-state index contributed by atoms with van der Waals surface area (Å²) in [4.78, 5) is 11.7. The summed E-state index contributed by atoms with van der Waals surface area (Å²) in [5.74, 6) is -3.73. The Morgan fingerprint density at radius 1 is 1.09 bits per heavy atom. The Morgan fingerprint density at radius 3 is 2.35 bits per heavy atom. The summed E-state index contributed by atoms with van der Waals surface area (Å²) in [6.07, 6.45) is 0. The van der Waals surface area contributed by atoms with Crippen LogP contribution in [-0.2, 0) is 5.60 Å². The number of aliphatic hydroxyl groups is 1. The smallest absolute Gasteiger partial charge is 0.319 e. The molecule has 0 heterocycles. The molecule has 2 rings (SSSR count). The van der Waals surface area contributed by atoms with Crippen LogP contribution in [0.1, 0.15) is 12.5 Å². The average molecular weight is 324 g/mol. The van der Waals surface area contributed by atoms with Gasteiger partial charge in [0.2, 0.25) is 0 Å². The first-order valence-corrected chi connectivity index (χ1v) is 6.77. The van der Waals surface area contributed by atoms with Crippen LogP contribution in [-0.4, -0.2) is 17.7 Å². The van der Waals surface area contributed by atoms with Crippen molar-refractivity contribution in [3.63, 3.8) is 0 Å². The van der Waals surface area contributed by atoms with Crippen LogP contribution in [0.4, 0.5) is 23.7 Å². The molecule has 7 heteroatoms. The van der Waals surface area contributed by atoms with Gasteiger partial charge in [0, 0.05) is 12.1 Å². The molecular weight excluding hydrogens is 309 g/mol. The number of rotatable bonds is 4. The van der Waals surface area contributed by atoms with Gasteiger partial charge in [-0.05, 0) is 12.5 Å². The summed E-state index contributed by atoms with van der Waals surface area (Å²) in [5, 5.41) is 14.7. The van der Waals surface area contributed by atoms with E-state index in [4.69, 9.17) is 0 Å². The molecule has 23 heavy (non-hydrogen) atoms. The maximum absolute atomic E-state index is 13.4. The molecule has 1 atom stereocenters. The number of hydrogen-bond donors (Lipinski definition) is 3. The standard InChI is InChI=1S/C16H15F3N2O2/c1-16(23,10-5-3-2-4-6-10)9-20-15(22)21-14-8-12(18)11(17)7-13(14)19/h2-8,23H,9H2,1H3,(H2,20,21,22). The van der Waals surface area contributed by atoms with E-state index in [-0.39, 0.29) is 6.54 Å². The minimum absolute atomic E-state index is 0.159. The summed E-state index contributed by atoms with van der Waals surface area (Å²) >= 11 is 0. The van der Waals surface area contributed by atoms with Crippen LogP contribution in [0.3, 0.4) is 0 Å². The minimum Gasteiger partial charge on any atom is -0.384 e. The molecule has 0 radical (unpaired) electrons. The minimum atomic E-state index is -1.35. The molecular formula is C16H15F3N2O2. The molecule has 0 aliphatic rings. The normalized spacial score (nSPS) is 13.3. The Hall–Kier alpha value is -2.54. The van der Waals surface area contributed by atoms with Gasteiger partial charge in [0.05, 0.1) is 12.2 Å². The van der Waals surface area contributed by atoms with Crippen LogP contribution in [0.15, 0.2) is 42.5 Å². The van der Waals surface area contributed by atoms with Crippen molar-refractivity contribution in [3.05, 3.63) is 65.5 Å². The van der Waals surface area contributed by atoms with Crippen molar-refractivity contribution in [2.75, 3.05) is 11.9 Å². The predicted molar refractivity (Wildman–Crippen MR) is 79.4 cm³/mol. The molecule has 0 saturated carbocycles. The Bertz CT molecular complexity index is 706. The number of urea groups is 1. The number of halogens is 3. The van der Waals surface area contributed by atoms with Crippen molar-refractivity contribution in [1.29, 1.82) is 0 Å². The Morgan fingerprint density at radius 2 is 1.70 bits per heavy atom. The second kappa shape index (κ2) is 6.70. The van der Waals surface area contributed by atoms with Crippen molar-refractivity contribution in [2.24, 2.45) is 0 Å². The lowest BCUT2D eigenvalue weighted by atomic mass is 9.96. The molecule has 0 spiro atoms. The molecule has 2 aromatic rings. The zero-order chi connectivity index (χ0) is 17.0. The first-order valence-electron chi connectivity index (χ1n) is 6.77. The summed E-state index contributed by atoms with van der Waals surface area (Å²) in [5.41, 5.74) is -1.26. The van der Waals surface area contributed by atoms with E-state index in [2.05, 4.69) is 10.6 Å². The van der Waals surface area contributed by atoms with Gasteiger partial charge in [-0.1, -0.05) is 30.3 Å². The molecule has 2 amide bonds. The molecule has 122 valence electrons. The molecule has 0 aliphatic carbocycles. The molecule has 3 N–H and O–H groups in total. The second-order valence-corrected chi connectivity index (χ2v) is 5.19. The summed E-state index contributed by atoms with van der Waals surface area (Å²) in [7, 11) is 0. The summed E-state index contributed by atoms with van der Waals surface area (Å²) < 4.78 is 39.3. The third-order valence-electron chi connectivity index (χ3n) is 3.25. The summed E-state index contributed by atoms with van der Waals surface area (Å²) in [6.45, 7) is 1.34. The fraction of sp³-hybridized carbons (Fsp3) is 0.188. The van der Waals surface area contributed by atoms with Gasteiger partial charge in [0.25, 0.3) is 0 Å². The SMILES string of the molecule is CC(O)(CNC(=O)Nc1cc(F)c(F)cc1F)c1ccccc1. The Labute approximate surface area is 131 Å². The van der Waals surface area contributed by atoms with E-state index in [9.17, 15) is 23.1 Å². The van der Waals surface area contributed by atoms with Gasteiger partial charge < -0.3 is 15.7 Å². The lowest BCUT2D eigenvalue weighted by Gasteiger charge is -2.24. The molecule has 1 unspecified atom stereocenters. The van der Waals surface area contributed by atoms with Gasteiger partial charge in [-0.3, -0.25) is 0 Å². The number of hydrogen-bond acceptors (Lipinski definition) is 2. The zero-order valence-electron chi connectivity index (χ0n) is 12.2. The van der Waals surface area contributed by atoms with E-state index in [0.717, 1.165) is 0 Å². The van der Waals surface area contributed by atoms with E-state index >= 15 is 0 Å². The van der Waals surface area contributed by atoms with Crippen molar-refractivity contribution in [2.45, 2.75) is 12.5 Å². The zero-order valence-corrected chi connectivity index (χ0v) is 12.2. The highest BCUT2D eigenvalue weighted by atomic mass is 19.2. The molecule has 0 aliphatic heterocycles. The number of anilines is 1. The third-order valence-corrected chi connectivity index (χ3v) is 3.25. The van der Waals surface area contributed by atoms with E-state index in [1.54, 1.807) is 30.3 Å². The quantitative estimate of drug-likeness (QED) is 0.757. The van der Waals surface area contributed by atoms with Gasteiger partial charge in [-0.25, -0.2) is 18.0 Å². The summed E-state index contributed by atoms with van der Waals surface area (Å²) in [6, 6.07) is 8.66. The van der Waals surface area contributed by atoms with Crippen LogP contribution in [0.2, 0.25) is 0 Å². The average Bonchev–Trinajstić information content (AvgIpc) is 2.52. The van der Waals surface area contributed by atoms with Crippen LogP contribution in [0.25, 0.3) is 0 Å². The molecule has 0 fully saturated rings. The largest absolute Gasteiger partial charge is 0.384 e. The van der Waals surface area contributed by atoms with Crippen LogP contribution < -0.4 is 10.6 Å². The first kappa shape index (κ1) is 16.8. The van der Waals surface area contributed by atoms with Gasteiger partial charge in [0.15, 0.2) is 11.6 Å². The number of benzene rings is 2. The molecule has 2 aromatic carbocycles. The van der Waals surface area contributed by atoms with Gasteiger partial charge in [-0.15, -0.1) is 0 Å². The lowest BCUT2D eigenvalue weighted by molar-refractivity contribution is 0.0599. The number of nitrogens with one attached hydrogen (secondary N) is 2. The van der Waals surface area contributed by atoms with Crippen molar-refractivity contribution < 1.29 is 23.1 Å². The predicted octanol–water partition coefficient (Wildman–Crippen LogP) is 3.13. The monoisotopic (exact) mass is 324 g/mol. The van der Waals surface area contributed by atoms with Crippen molar-refractivity contribution in [1.82, 2.24) is 5.32 Å². The van der Waals surface area contributed by atoms with Gasteiger partial charge in [0.1, 0.15) is 11.4 Å². The van der Waals surface area contributed by atoms with Gasteiger partial charge in [-0.2, -0.15) is 0 Å².